The lowest BCUT2D eigenvalue weighted by Gasteiger charge is -2.08. The van der Waals surface area contributed by atoms with E-state index in [1.807, 2.05) is 0 Å². The van der Waals surface area contributed by atoms with Crippen LogP contribution in [0.4, 0.5) is 13.2 Å². The van der Waals surface area contributed by atoms with E-state index < -0.39 is 11.7 Å². The fraction of sp³-hybridized carbons (Fsp3) is 0.273. The lowest BCUT2D eigenvalue weighted by molar-refractivity contribution is -0.137. The number of alkyl halides is 3. The van der Waals surface area contributed by atoms with Crippen LogP contribution in [0, 0.1) is 0 Å². The van der Waals surface area contributed by atoms with Crippen molar-refractivity contribution in [3.8, 4) is 0 Å². The zero-order valence-corrected chi connectivity index (χ0v) is 8.14. The van der Waals surface area contributed by atoms with E-state index in [9.17, 15) is 13.2 Å². The molecular formula is C11H12F3N. The molecule has 0 aliphatic rings. The fourth-order valence-electron chi connectivity index (χ4n) is 1.21. The second-order valence-corrected chi connectivity index (χ2v) is 3.22. The van der Waals surface area contributed by atoms with Crippen molar-refractivity contribution in [3.63, 3.8) is 0 Å². The van der Waals surface area contributed by atoms with Gasteiger partial charge in [0.05, 0.1) is 5.56 Å². The summed E-state index contributed by atoms with van der Waals surface area (Å²) in [5, 5.41) is 0. The molecule has 4 heteroatoms. The third-order valence-electron chi connectivity index (χ3n) is 2.07. The number of nitrogens with two attached hydrogens (primary N) is 1. The minimum atomic E-state index is -4.28. The molecule has 1 nitrogen and oxygen atoms in total. The van der Waals surface area contributed by atoms with E-state index in [0.717, 1.165) is 17.7 Å². The van der Waals surface area contributed by atoms with Gasteiger partial charge < -0.3 is 5.73 Å². The second kappa shape index (κ2) is 4.49. The predicted octanol–water partition coefficient (Wildman–Crippen LogP) is 3.07. The SMILES string of the molecule is C=C(CCN)c1ccc(C(F)(F)F)cc1. The van der Waals surface area contributed by atoms with E-state index in [2.05, 4.69) is 6.58 Å². The quantitative estimate of drug-likeness (QED) is 0.823. The lowest BCUT2D eigenvalue weighted by atomic mass is 10.0. The minimum absolute atomic E-state index is 0.444. The number of hydrogen-bond donors (Lipinski definition) is 1. The molecule has 0 amide bonds. The summed E-state index contributed by atoms with van der Waals surface area (Å²) in [7, 11) is 0. The van der Waals surface area contributed by atoms with Gasteiger partial charge in [-0.15, -0.1) is 0 Å². The van der Waals surface area contributed by atoms with Gasteiger partial charge in [-0.05, 0) is 36.2 Å². The van der Waals surface area contributed by atoms with Gasteiger partial charge >= 0.3 is 6.18 Å². The Morgan fingerprint density at radius 2 is 1.73 bits per heavy atom. The molecule has 2 N–H and O–H groups in total. The van der Waals surface area contributed by atoms with E-state index in [1.165, 1.54) is 12.1 Å². The highest BCUT2D eigenvalue weighted by Crippen LogP contribution is 2.30. The predicted molar refractivity (Wildman–Crippen MR) is 54.1 cm³/mol. The van der Waals surface area contributed by atoms with Crippen molar-refractivity contribution in [2.75, 3.05) is 6.54 Å². The normalized spacial score (nSPS) is 11.5. The fourth-order valence-corrected chi connectivity index (χ4v) is 1.21. The molecule has 1 rings (SSSR count). The Kier molecular flexibility index (Phi) is 3.52. The lowest BCUT2D eigenvalue weighted by Crippen LogP contribution is -2.04. The highest BCUT2D eigenvalue weighted by atomic mass is 19.4. The standard InChI is InChI=1S/C11H12F3N/c1-8(6-7-15)9-2-4-10(5-3-9)11(12,13)14/h2-5H,1,6-7,15H2. The van der Waals surface area contributed by atoms with E-state index in [0.29, 0.717) is 18.5 Å². The Labute approximate surface area is 86.4 Å². The summed E-state index contributed by atoms with van der Waals surface area (Å²) in [6, 6.07) is 4.94. The van der Waals surface area contributed by atoms with Crippen molar-refractivity contribution < 1.29 is 13.2 Å². The first-order chi connectivity index (χ1) is 6.95. The average molecular weight is 215 g/mol. The van der Waals surface area contributed by atoms with Gasteiger partial charge in [-0.25, -0.2) is 0 Å². The summed E-state index contributed by atoms with van der Waals surface area (Å²) in [5.41, 5.74) is 6.14. The molecule has 0 aliphatic carbocycles. The van der Waals surface area contributed by atoms with Crippen molar-refractivity contribution in [2.45, 2.75) is 12.6 Å². The van der Waals surface area contributed by atoms with Crippen LogP contribution < -0.4 is 5.73 Å². The summed E-state index contributed by atoms with van der Waals surface area (Å²) in [6.45, 7) is 4.19. The molecule has 0 radical (unpaired) electrons. The maximum atomic E-state index is 12.2. The largest absolute Gasteiger partial charge is 0.416 e. The molecule has 0 spiro atoms. The van der Waals surface area contributed by atoms with Gasteiger partial charge in [0.25, 0.3) is 0 Å². The third-order valence-corrected chi connectivity index (χ3v) is 2.07. The smallest absolute Gasteiger partial charge is 0.330 e. The highest BCUT2D eigenvalue weighted by molar-refractivity contribution is 5.63. The molecule has 0 saturated heterocycles. The molecule has 82 valence electrons. The monoisotopic (exact) mass is 215 g/mol. The van der Waals surface area contributed by atoms with Gasteiger partial charge in [-0.2, -0.15) is 13.2 Å². The number of halogens is 3. The second-order valence-electron chi connectivity index (χ2n) is 3.22. The van der Waals surface area contributed by atoms with Crippen LogP contribution in [-0.4, -0.2) is 6.54 Å². The molecule has 1 aromatic rings. The van der Waals surface area contributed by atoms with E-state index >= 15 is 0 Å². The van der Waals surface area contributed by atoms with Crippen LogP contribution in [0.1, 0.15) is 17.5 Å². The first-order valence-corrected chi connectivity index (χ1v) is 4.50. The van der Waals surface area contributed by atoms with Crippen LogP contribution in [0.3, 0.4) is 0 Å². The molecule has 0 aliphatic heterocycles. The molecule has 15 heavy (non-hydrogen) atoms. The van der Waals surface area contributed by atoms with Crippen LogP contribution in [0.15, 0.2) is 30.8 Å². The molecule has 0 atom stereocenters. The van der Waals surface area contributed by atoms with Crippen LogP contribution in [-0.2, 0) is 6.18 Å². The summed E-state index contributed by atoms with van der Waals surface area (Å²) in [6.07, 6.45) is -3.70. The zero-order valence-electron chi connectivity index (χ0n) is 8.14. The van der Waals surface area contributed by atoms with Crippen molar-refractivity contribution in [2.24, 2.45) is 5.73 Å². The topological polar surface area (TPSA) is 26.0 Å². The van der Waals surface area contributed by atoms with Gasteiger partial charge in [0.15, 0.2) is 0 Å². The number of rotatable bonds is 3. The summed E-state index contributed by atoms with van der Waals surface area (Å²) in [5.74, 6) is 0. The van der Waals surface area contributed by atoms with Crippen molar-refractivity contribution in [1.29, 1.82) is 0 Å². The van der Waals surface area contributed by atoms with E-state index in [1.54, 1.807) is 0 Å². The first kappa shape index (κ1) is 11.8. The summed E-state index contributed by atoms with van der Waals surface area (Å²) < 4.78 is 36.7. The Morgan fingerprint density at radius 1 is 1.20 bits per heavy atom. The molecular weight excluding hydrogens is 203 g/mol. The van der Waals surface area contributed by atoms with Gasteiger partial charge in [0, 0.05) is 0 Å². The first-order valence-electron chi connectivity index (χ1n) is 4.50. The Balaban J connectivity index is 2.86. The molecule has 0 heterocycles. The van der Waals surface area contributed by atoms with Gasteiger partial charge in [0.1, 0.15) is 0 Å². The number of benzene rings is 1. The maximum Gasteiger partial charge on any atom is 0.416 e. The highest BCUT2D eigenvalue weighted by Gasteiger charge is 2.29. The van der Waals surface area contributed by atoms with Crippen molar-refractivity contribution in [1.82, 2.24) is 0 Å². The average Bonchev–Trinajstić information content (AvgIpc) is 2.17. The zero-order chi connectivity index (χ0) is 11.5. The number of hydrogen-bond acceptors (Lipinski definition) is 1. The molecule has 0 unspecified atom stereocenters. The summed E-state index contributed by atoms with van der Waals surface area (Å²) >= 11 is 0. The third kappa shape index (κ3) is 3.09. The molecule has 0 aromatic heterocycles. The molecule has 0 saturated carbocycles. The molecule has 1 aromatic carbocycles. The Hall–Kier alpha value is -1.29. The van der Waals surface area contributed by atoms with Gasteiger partial charge in [0.2, 0.25) is 0 Å². The van der Waals surface area contributed by atoms with Crippen molar-refractivity contribution >= 4 is 5.57 Å². The van der Waals surface area contributed by atoms with Crippen LogP contribution in [0.2, 0.25) is 0 Å². The molecule has 0 bridgehead atoms. The van der Waals surface area contributed by atoms with Gasteiger partial charge in [-0.1, -0.05) is 18.7 Å². The van der Waals surface area contributed by atoms with Crippen molar-refractivity contribution in [3.05, 3.63) is 42.0 Å². The van der Waals surface area contributed by atoms with Crippen LogP contribution in [0.25, 0.3) is 5.57 Å². The molecule has 0 fully saturated rings. The van der Waals surface area contributed by atoms with E-state index in [-0.39, 0.29) is 0 Å². The Morgan fingerprint density at radius 3 is 2.13 bits per heavy atom. The van der Waals surface area contributed by atoms with E-state index in [4.69, 9.17) is 5.73 Å². The Bertz CT molecular complexity index is 338. The maximum absolute atomic E-state index is 12.2. The van der Waals surface area contributed by atoms with Gasteiger partial charge in [-0.3, -0.25) is 0 Å². The van der Waals surface area contributed by atoms with Crippen LogP contribution in [0.5, 0.6) is 0 Å². The minimum Gasteiger partial charge on any atom is -0.330 e. The van der Waals surface area contributed by atoms with Crippen LogP contribution >= 0.6 is 0 Å². The summed E-state index contributed by atoms with van der Waals surface area (Å²) in [4.78, 5) is 0.